The molecule has 1 fully saturated rings. The molecule has 0 bridgehead atoms. The summed E-state index contributed by atoms with van der Waals surface area (Å²) in [6.45, 7) is 2.58. The second-order valence-electron chi connectivity index (χ2n) is 6.23. The smallest absolute Gasteiger partial charge is 0.354 e. The Morgan fingerprint density at radius 2 is 1.96 bits per heavy atom. The monoisotopic (exact) mass is 353 g/mol. The number of hydrogen-bond donors (Lipinski definition) is 2. The average Bonchev–Trinajstić information content (AvgIpc) is 2.64. The number of nitrogens with zero attached hydrogens (tertiary/aromatic N) is 2. The summed E-state index contributed by atoms with van der Waals surface area (Å²) in [5.74, 6) is -1.86. The van der Waals surface area contributed by atoms with Crippen LogP contribution in [0.3, 0.4) is 0 Å². The number of nitrogens with one attached hydrogen (secondary N) is 1. The number of anilines is 1. The lowest BCUT2D eigenvalue weighted by Gasteiger charge is -2.32. The van der Waals surface area contributed by atoms with Crippen molar-refractivity contribution >= 4 is 23.5 Å². The van der Waals surface area contributed by atoms with Crippen molar-refractivity contribution in [3.8, 4) is 0 Å². The number of rotatable bonds is 4. The van der Waals surface area contributed by atoms with Gasteiger partial charge in [0.05, 0.1) is 0 Å². The third-order valence-corrected chi connectivity index (χ3v) is 4.33. The number of carbonyl (C=O) groups is 3. The zero-order valence-electron chi connectivity index (χ0n) is 14.3. The summed E-state index contributed by atoms with van der Waals surface area (Å²) >= 11 is 0. The molecule has 134 valence electrons. The first kappa shape index (κ1) is 17.6. The molecule has 1 aromatic heterocycles. The van der Waals surface area contributed by atoms with E-state index in [2.05, 4.69) is 10.3 Å². The van der Waals surface area contributed by atoms with Gasteiger partial charge in [-0.25, -0.2) is 9.78 Å². The summed E-state index contributed by atoms with van der Waals surface area (Å²) < 4.78 is 0. The molecule has 7 nitrogen and oxygen atoms in total. The van der Waals surface area contributed by atoms with Gasteiger partial charge in [0.25, 0.3) is 5.91 Å². The van der Waals surface area contributed by atoms with Crippen molar-refractivity contribution in [1.82, 2.24) is 10.3 Å². The van der Waals surface area contributed by atoms with Gasteiger partial charge >= 0.3 is 5.97 Å². The lowest BCUT2D eigenvalue weighted by atomic mass is 10.0. The lowest BCUT2D eigenvalue weighted by Crippen LogP contribution is -2.52. The van der Waals surface area contributed by atoms with Crippen molar-refractivity contribution in [2.24, 2.45) is 0 Å². The number of aromatic carboxylic acids is 1. The van der Waals surface area contributed by atoms with E-state index in [-0.39, 0.29) is 17.2 Å². The third-order valence-electron chi connectivity index (χ3n) is 4.33. The molecule has 0 saturated carbocycles. The van der Waals surface area contributed by atoms with Crippen LogP contribution in [0.5, 0.6) is 0 Å². The van der Waals surface area contributed by atoms with Gasteiger partial charge in [-0.2, -0.15) is 0 Å². The molecule has 0 aliphatic carbocycles. The van der Waals surface area contributed by atoms with E-state index >= 15 is 0 Å². The van der Waals surface area contributed by atoms with Gasteiger partial charge in [0, 0.05) is 24.0 Å². The summed E-state index contributed by atoms with van der Waals surface area (Å²) in [5.41, 5.74) is 1.86. The van der Waals surface area contributed by atoms with Crippen LogP contribution in [-0.4, -0.2) is 40.5 Å². The van der Waals surface area contributed by atoms with Gasteiger partial charge in [-0.1, -0.05) is 17.7 Å². The molecule has 7 heteroatoms. The molecule has 2 N–H and O–H groups in total. The second kappa shape index (κ2) is 7.35. The summed E-state index contributed by atoms with van der Waals surface area (Å²) in [6.07, 6.45) is 2.57. The number of carboxylic acid groups (broad SMARTS) is 1. The van der Waals surface area contributed by atoms with Crippen LogP contribution in [0.25, 0.3) is 0 Å². The normalized spacial score (nSPS) is 17.0. The fraction of sp³-hybridized carbons (Fsp3) is 0.263. The first-order chi connectivity index (χ1) is 12.5. The number of carboxylic acids is 1. The molecule has 1 saturated heterocycles. The number of carbonyl (C=O) groups excluding carboxylic acids is 2. The highest BCUT2D eigenvalue weighted by Crippen LogP contribution is 2.21. The van der Waals surface area contributed by atoms with Crippen molar-refractivity contribution in [3.63, 3.8) is 0 Å². The summed E-state index contributed by atoms with van der Waals surface area (Å²) in [5, 5.41) is 11.7. The fourth-order valence-electron chi connectivity index (χ4n) is 2.92. The Kier molecular flexibility index (Phi) is 4.97. The molecule has 1 aliphatic rings. The molecule has 2 heterocycles. The Hall–Kier alpha value is -3.22. The molecule has 1 unspecified atom stereocenters. The van der Waals surface area contributed by atoms with E-state index in [0.29, 0.717) is 13.0 Å². The molecule has 1 atom stereocenters. The molecule has 2 aromatic rings. The van der Waals surface area contributed by atoms with Gasteiger partial charge < -0.3 is 15.3 Å². The van der Waals surface area contributed by atoms with Gasteiger partial charge in [0.1, 0.15) is 11.7 Å². The Labute approximate surface area is 150 Å². The largest absolute Gasteiger partial charge is 0.477 e. The van der Waals surface area contributed by atoms with Gasteiger partial charge in [-0.3, -0.25) is 9.59 Å². The minimum absolute atomic E-state index is 0.164. The van der Waals surface area contributed by atoms with E-state index in [1.165, 1.54) is 18.3 Å². The summed E-state index contributed by atoms with van der Waals surface area (Å²) in [4.78, 5) is 41.5. The minimum Gasteiger partial charge on any atom is -0.477 e. The van der Waals surface area contributed by atoms with Crippen LogP contribution >= 0.6 is 0 Å². The van der Waals surface area contributed by atoms with Crippen molar-refractivity contribution in [2.45, 2.75) is 25.8 Å². The molecular formula is C19H19N3O4. The fourth-order valence-corrected chi connectivity index (χ4v) is 2.92. The maximum absolute atomic E-state index is 12.8. The van der Waals surface area contributed by atoms with E-state index in [4.69, 9.17) is 5.11 Å². The Morgan fingerprint density at radius 3 is 2.65 bits per heavy atom. The molecule has 3 rings (SSSR count). The van der Waals surface area contributed by atoms with Crippen molar-refractivity contribution in [1.29, 1.82) is 0 Å². The van der Waals surface area contributed by atoms with Crippen LogP contribution in [0.1, 0.15) is 39.3 Å². The highest BCUT2D eigenvalue weighted by atomic mass is 16.4. The Bertz CT molecular complexity index is 848. The third kappa shape index (κ3) is 3.72. The van der Waals surface area contributed by atoms with Crippen molar-refractivity contribution in [3.05, 3.63) is 59.4 Å². The van der Waals surface area contributed by atoms with Crippen LogP contribution < -0.4 is 10.2 Å². The number of aromatic nitrogens is 1. The number of hydrogen-bond acceptors (Lipinski definition) is 4. The van der Waals surface area contributed by atoms with Crippen molar-refractivity contribution in [2.75, 3.05) is 11.4 Å². The standard InChI is InChI=1S/C19H19N3O4/c1-12-4-6-14(7-5-12)22-10-2-3-15(18(22)24)21-17(23)13-8-9-20-16(11-13)19(25)26/h4-9,11,15H,2-3,10H2,1H3,(H,21,23)(H,25,26). The van der Waals surface area contributed by atoms with Crippen LogP contribution in [0, 0.1) is 6.92 Å². The van der Waals surface area contributed by atoms with Crippen LogP contribution in [0.15, 0.2) is 42.6 Å². The van der Waals surface area contributed by atoms with Crippen LogP contribution in [0.4, 0.5) is 5.69 Å². The number of benzene rings is 1. The predicted octanol–water partition coefficient (Wildman–Crippen LogP) is 2.01. The van der Waals surface area contributed by atoms with E-state index in [9.17, 15) is 14.4 Å². The number of pyridine rings is 1. The Balaban J connectivity index is 1.74. The first-order valence-corrected chi connectivity index (χ1v) is 8.34. The highest BCUT2D eigenvalue weighted by Gasteiger charge is 2.31. The molecule has 1 aliphatic heterocycles. The number of aryl methyl sites for hydroxylation is 1. The molecular weight excluding hydrogens is 334 g/mol. The zero-order valence-corrected chi connectivity index (χ0v) is 14.3. The SMILES string of the molecule is Cc1ccc(N2CCCC(NC(=O)c3ccnc(C(=O)O)c3)C2=O)cc1. The molecule has 0 spiro atoms. The van der Waals surface area contributed by atoms with Gasteiger partial charge in [0.15, 0.2) is 0 Å². The predicted molar refractivity (Wildman–Crippen MR) is 95.2 cm³/mol. The molecule has 26 heavy (non-hydrogen) atoms. The molecule has 2 amide bonds. The molecule has 0 radical (unpaired) electrons. The van der Waals surface area contributed by atoms with E-state index in [1.54, 1.807) is 4.90 Å². The quantitative estimate of drug-likeness (QED) is 0.876. The summed E-state index contributed by atoms with van der Waals surface area (Å²) in [7, 11) is 0. The topological polar surface area (TPSA) is 99.6 Å². The van der Waals surface area contributed by atoms with E-state index in [0.717, 1.165) is 17.7 Å². The lowest BCUT2D eigenvalue weighted by molar-refractivity contribution is -0.121. The van der Waals surface area contributed by atoms with E-state index < -0.39 is 17.9 Å². The van der Waals surface area contributed by atoms with Crippen molar-refractivity contribution < 1.29 is 19.5 Å². The van der Waals surface area contributed by atoms with Gasteiger partial charge in [-0.15, -0.1) is 0 Å². The van der Waals surface area contributed by atoms with Crippen LogP contribution in [-0.2, 0) is 4.79 Å². The maximum atomic E-state index is 12.8. The maximum Gasteiger partial charge on any atom is 0.354 e. The minimum atomic E-state index is -1.21. The number of amides is 2. The second-order valence-corrected chi connectivity index (χ2v) is 6.23. The van der Waals surface area contributed by atoms with Crippen LogP contribution in [0.2, 0.25) is 0 Å². The zero-order chi connectivity index (χ0) is 18.7. The Morgan fingerprint density at radius 1 is 1.23 bits per heavy atom. The van der Waals surface area contributed by atoms with E-state index in [1.807, 2.05) is 31.2 Å². The number of piperidine rings is 1. The van der Waals surface area contributed by atoms with Gasteiger partial charge in [-0.05, 0) is 44.0 Å². The average molecular weight is 353 g/mol. The summed E-state index contributed by atoms with van der Waals surface area (Å²) in [6, 6.07) is 9.64. The first-order valence-electron chi connectivity index (χ1n) is 8.34. The molecule has 1 aromatic carbocycles. The van der Waals surface area contributed by atoms with Gasteiger partial charge in [0.2, 0.25) is 5.91 Å². The highest BCUT2D eigenvalue weighted by molar-refractivity contribution is 6.03.